The van der Waals surface area contributed by atoms with Gasteiger partial charge < -0.3 is 4.98 Å². The van der Waals surface area contributed by atoms with E-state index in [1.165, 1.54) is 4.57 Å². The molecule has 4 aromatic rings. The zero-order chi connectivity index (χ0) is 17.4. The summed E-state index contributed by atoms with van der Waals surface area (Å²) in [5.41, 5.74) is 1.07. The van der Waals surface area contributed by atoms with E-state index in [9.17, 15) is 9.59 Å². The van der Waals surface area contributed by atoms with Crippen LogP contribution in [0.25, 0.3) is 16.9 Å². The Morgan fingerprint density at radius 3 is 2.56 bits per heavy atom. The monoisotopic (exact) mass is 352 g/mol. The van der Waals surface area contributed by atoms with E-state index in [0.717, 1.165) is 5.56 Å². The molecular formula is C18H13ClN4O2. The average Bonchev–Trinajstić information content (AvgIpc) is 2.99. The predicted molar refractivity (Wildman–Crippen MR) is 96.6 cm³/mol. The number of benzene rings is 2. The molecule has 2 aromatic heterocycles. The highest BCUT2D eigenvalue weighted by Gasteiger charge is 2.14. The second-order valence-corrected chi connectivity index (χ2v) is 6.06. The van der Waals surface area contributed by atoms with Crippen molar-refractivity contribution >= 4 is 22.8 Å². The minimum Gasteiger partial charge on any atom is -0.336 e. The third-order valence-electron chi connectivity index (χ3n) is 3.88. The van der Waals surface area contributed by atoms with Crippen LogP contribution in [0.5, 0.6) is 0 Å². The fourth-order valence-electron chi connectivity index (χ4n) is 2.77. The summed E-state index contributed by atoms with van der Waals surface area (Å²) >= 11 is 6.03. The summed E-state index contributed by atoms with van der Waals surface area (Å²) in [5, 5.41) is 0.490. The number of rotatable bonds is 3. The van der Waals surface area contributed by atoms with E-state index in [2.05, 4.69) is 15.0 Å². The van der Waals surface area contributed by atoms with Crippen molar-refractivity contribution in [3.05, 3.63) is 91.8 Å². The third-order valence-corrected chi connectivity index (χ3v) is 4.11. The normalized spacial score (nSPS) is 11.1. The topological polar surface area (TPSA) is 83.5 Å². The first kappa shape index (κ1) is 15.4. The number of hydrogen-bond donors (Lipinski definition) is 2. The van der Waals surface area contributed by atoms with Crippen LogP contribution in [0.2, 0.25) is 5.02 Å². The van der Waals surface area contributed by atoms with Crippen LogP contribution in [0.4, 0.5) is 0 Å². The minimum atomic E-state index is -0.558. The lowest BCUT2D eigenvalue weighted by Gasteiger charge is -2.05. The summed E-state index contributed by atoms with van der Waals surface area (Å²) in [6.07, 6.45) is 0.526. The Kier molecular flexibility index (Phi) is 3.74. The molecule has 7 heteroatoms. The zero-order valence-corrected chi connectivity index (χ0v) is 13.7. The number of halogens is 1. The molecule has 2 aromatic carbocycles. The molecular weight excluding hydrogens is 340 g/mol. The van der Waals surface area contributed by atoms with Crippen molar-refractivity contribution in [3.63, 3.8) is 0 Å². The van der Waals surface area contributed by atoms with Gasteiger partial charge in [-0.2, -0.15) is 0 Å². The van der Waals surface area contributed by atoms with Crippen LogP contribution in [-0.4, -0.2) is 19.5 Å². The van der Waals surface area contributed by atoms with Gasteiger partial charge in [-0.3, -0.25) is 9.78 Å². The van der Waals surface area contributed by atoms with E-state index >= 15 is 0 Å². The Morgan fingerprint density at radius 1 is 1.00 bits per heavy atom. The maximum atomic E-state index is 12.3. The quantitative estimate of drug-likeness (QED) is 0.594. The maximum Gasteiger partial charge on any atom is 0.334 e. The second kappa shape index (κ2) is 6.07. The van der Waals surface area contributed by atoms with E-state index < -0.39 is 11.2 Å². The summed E-state index contributed by atoms with van der Waals surface area (Å²) < 4.78 is 1.34. The molecule has 0 unspecified atom stereocenters. The van der Waals surface area contributed by atoms with Crippen LogP contribution >= 0.6 is 11.6 Å². The van der Waals surface area contributed by atoms with Crippen molar-refractivity contribution in [2.45, 2.75) is 6.42 Å². The molecule has 2 N–H and O–H groups in total. The van der Waals surface area contributed by atoms with Gasteiger partial charge in [-0.1, -0.05) is 48.0 Å². The smallest absolute Gasteiger partial charge is 0.334 e. The Morgan fingerprint density at radius 2 is 1.80 bits per heavy atom. The molecule has 0 bridgehead atoms. The molecule has 0 saturated heterocycles. The van der Waals surface area contributed by atoms with Gasteiger partial charge in [-0.25, -0.2) is 14.3 Å². The molecule has 0 fully saturated rings. The van der Waals surface area contributed by atoms with Crippen LogP contribution in [-0.2, 0) is 6.42 Å². The lowest BCUT2D eigenvalue weighted by molar-refractivity contribution is 0.927. The van der Waals surface area contributed by atoms with Gasteiger partial charge in [0.2, 0.25) is 0 Å². The summed E-state index contributed by atoms with van der Waals surface area (Å²) in [6, 6.07) is 16.6. The minimum absolute atomic E-state index is 0.255. The first-order valence-electron chi connectivity index (χ1n) is 7.65. The number of nitrogens with one attached hydrogen (secondary N) is 2. The van der Waals surface area contributed by atoms with Crippen molar-refractivity contribution in [2.24, 2.45) is 0 Å². The van der Waals surface area contributed by atoms with Gasteiger partial charge in [0.1, 0.15) is 11.3 Å². The molecule has 0 aliphatic rings. The van der Waals surface area contributed by atoms with Crippen LogP contribution in [0, 0.1) is 0 Å². The highest BCUT2D eigenvalue weighted by molar-refractivity contribution is 6.30. The first-order valence-corrected chi connectivity index (χ1v) is 8.03. The number of aromatic nitrogens is 4. The average molecular weight is 353 g/mol. The highest BCUT2D eigenvalue weighted by Crippen LogP contribution is 2.17. The molecule has 25 heavy (non-hydrogen) atoms. The number of nitrogens with zero attached hydrogens (tertiary/aromatic N) is 2. The van der Waals surface area contributed by atoms with Gasteiger partial charge in [-0.15, -0.1) is 0 Å². The lowest BCUT2D eigenvalue weighted by atomic mass is 10.1. The van der Waals surface area contributed by atoms with Crippen molar-refractivity contribution in [1.29, 1.82) is 0 Å². The van der Waals surface area contributed by atoms with E-state index in [1.54, 1.807) is 24.3 Å². The Bertz CT molecular complexity index is 1180. The van der Waals surface area contributed by atoms with Crippen molar-refractivity contribution in [2.75, 3.05) is 0 Å². The predicted octanol–water partition coefficient (Wildman–Crippen LogP) is 2.65. The number of fused-ring (bicyclic) bond motifs is 1. The van der Waals surface area contributed by atoms with Gasteiger partial charge >= 0.3 is 5.69 Å². The Labute approximate surface area is 146 Å². The van der Waals surface area contributed by atoms with Crippen molar-refractivity contribution in [1.82, 2.24) is 19.5 Å². The molecule has 0 amide bonds. The number of imidazole rings is 1. The van der Waals surface area contributed by atoms with Crippen LogP contribution in [0.3, 0.4) is 0 Å². The standard InChI is InChI=1S/C18H13ClN4O2/c19-12-7-4-8-13(10-12)23-16-15(17(24)22-18(23)25)20-14(21-16)9-11-5-2-1-3-6-11/h1-8,10H,9H2,(H,20,21)(H,22,24,25). The van der Waals surface area contributed by atoms with Crippen LogP contribution in [0.1, 0.15) is 11.4 Å². The van der Waals surface area contributed by atoms with E-state index in [1.807, 2.05) is 30.3 Å². The lowest BCUT2D eigenvalue weighted by Crippen LogP contribution is -2.29. The van der Waals surface area contributed by atoms with Crippen LogP contribution in [0.15, 0.2) is 64.2 Å². The highest BCUT2D eigenvalue weighted by atomic mass is 35.5. The molecule has 0 aliphatic heterocycles. The Balaban J connectivity index is 1.92. The second-order valence-electron chi connectivity index (χ2n) is 5.62. The third kappa shape index (κ3) is 2.88. The summed E-state index contributed by atoms with van der Waals surface area (Å²) in [4.78, 5) is 34.3. The zero-order valence-electron chi connectivity index (χ0n) is 13.0. The molecule has 124 valence electrons. The molecule has 0 aliphatic carbocycles. The van der Waals surface area contributed by atoms with E-state index in [0.29, 0.717) is 23.0 Å². The van der Waals surface area contributed by atoms with E-state index in [-0.39, 0.29) is 11.2 Å². The molecule has 0 saturated carbocycles. The van der Waals surface area contributed by atoms with Gasteiger partial charge in [0.15, 0.2) is 5.65 Å². The largest absolute Gasteiger partial charge is 0.336 e. The fourth-order valence-corrected chi connectivity index (χ4v) is 2.96. The van der Waals surface area contributed by atoms with E-state index in [4.69, 9.17) is 11.6 Å². The SMILES string of the molecule is O=c1[nH]c(=O)n(-c2cccc(Cl)c2)c2nc(Cc3ccccc3)[nH]c12. The fraction of sp³-hybridized carbons (Fsp3) is 0.0556. The van der Waals surface area contributed by atoms with Gasteiger partial charge in [0.25, 0.3) is 5.56 Å². The van der Waals surface area contributed by atoms with Crippen LogP contribution < -0.4 is 11.2 Å². The van der Waals surface area contributed by atoms with Gasteiger partial charge in [-0.05, 0) is 23.8 Å². The molecule has 0 spiro atoms. The van der Waals surface area contributed by atoms with Crippen molar-refractivity contribution in [3.8, 4) is 5.69 Å². The van der Waals surface area contributed by atoms with Gasteiger partial charge in [0, 0.05) is 11.4 Å². The summed E-state index contributed by atoms with van der Waals surface area (Å²) in [7, 11) is 0. The van der Waals surface area contributed by atoms with Gasteiger partial charge in [0.05, 0.1) is 5.69 Å². The first-order chi connectivity index (χ1) is 12.1. The van der Waals surface area contributed by atoms with Crippen molar-refractivity contribution < 1.29 is 0 Å². The molecule has 6 nitrogen and oxygen atoms in total. The summed E-state index contributed by atoms with van der Waals surface area (Å²) in [6.45, 7) is 0. The molecule has 0 atom stereocenters. The molecule has 0 radical (unpaired) electrons. The molecule has 4 rings (SSSR count). The Hall–Kier alpha value is -3.12. The molecule has 2 heterocycles. The number of aromatic amines is 2. The number of H-pyrrole nitrogens is 2. The summed E-state index contributed by atoms with van der Waals surface area (Å²) in [5.74, 6) is 0.605. The maximum absolute atomic E-state index is 12.3. The number of hydrogen-bond acceptors (Lipinski definition) is 3.